The van der Waals surface area contributed by atoms with E-state index in [4.69, 9.17) is 0 Å². The van der Waals surface area contributed by atoms with Gasteiger partial charge in [-0.15, -0.1) is 0 Å². The Morgan fingerprint density at radius 3 is 0.623 bits per heavy atom. The first-order valence-corrected chi connectivity index (χ1v) is 24.4. The van der Waals surface area contributed by atoms with Gasteiger partial charge in [0.25, 0.3) is 0 Å². The number of rotatable bonds is 18. The Bertz CT molecular complexity index is 2330. The van der Waals surface area contributed by atoms with Crippen molar-refractivity contribution in [3.8, 4) is 0 Å². The zero-order valence-corrected chi connectivity index (χ0v) is 43.9. The van der Waals surface area contributed by atoms with Crippen LogP contribution in [0.15, 0.2) is 160 Å². The summed E-state index contributed by atoms with van der Waals surface area (Å²) in [7, 11) is -14.3. The van der Waals surface area contributed by atoms with Gasteiger partial charge in [0.2, 0.25) is 0 Å². The molecule has 0 aliphatic heterocycles. The van der Waals surface area contributed by atoms with E-state index in [0.717, 1.165) is 74.5 Å². The largest absolute Gasteiger partial charge is 1.00 e. The van der Waals surface area contributed by atoms with Crippen LogP contribution in [0.4, 0.5) is 0 Å². The van der Waals surface area contributed by atoms with E-state index in [1.54, 1.807) is 36.4 Å². The third kappa shape index (κ3) is 16.5. The van der Waals surface area contributed by atoms with Crippen LogP contribution in [0.3, 0.4) is 0 Å². The van der Waals surface area contributed by atoms with Crippen molar-refractivity contribution >= 4 is 54.2 Å². The van der Waals surface area contributed by atoms with Crippen LogP contribution >= 0.6 is 7.92 Å². The van der Waals surface area contributed by atoms with Crippen LogP contribution in [0.1, 0.15) is 52.6 Å². The Hall–Kier alpha value is -1.52. The normalized spacial score (nSPS) is 11.6. The van der Waals surface area contributed by atoms with Crippen LogP contribution in [0.5, 0.6) is 0 Å². The molecule has 6 rings (SSSR count). The second-order valence-corrected chi connectivity index (χ2v) is 20.5. The maximum atomic E-state index is 11.3. The van der Waals surface area contributed by atoms with Crippen LogP contribution in [-0.2, 0) is 68.9 Å². The van der Waals surface area contributed by atoms with Crippen LogP contribution < -0.4 is 105 Å². The van der Waals surface area contributed by atoms with Gasteiger partial charge in [0.05, 0.1) is 14.7 Å². The second-order valence-electron chi connectivity index (χ2n) is 14.2. The molecule has 0 saturated carbocycles. The molecule has 0 saturated heterocycles. The quantitative estimate of drug-likeness (QED) is 0.0523. The molecular formula is C45H42Na3O9PS3. The van der Waals surface area contributed by atoms with Crippen molar-refractivity contribution in [3.63, 3.8) is 0 Å². The molecule has 0 heterocycles. The summed E-state index contributed by atoms with van der Waals surface area (Å²) in [4.78, 5) is -0.673. The molecular weight excluding hydrogens is 881 g/mol. The van der Waals surface area contributed by atoms with Gasteiger partial charge in [0.1, 0.15) is 30.4 Å². The van der Waals surface area contributed by atoms with Gasteiger partial charge in [-0.25, -0.2) is 25.3 Å². The van der Waals surface area contributed by atoms with Crippen molar-refractivity contribution in [2.75, 3.05) is 0 Å². The molecule has 0 radical (unpaired) electrons. The SMILES string of the molecule is O=S(=O)([O-])c1ccc(CCCc2ccc(P(c3ccc(CCCc4ccc(S(=O)(=O)[O-])cc4)cc3)c3ccc(CCCc4ccc(S(=O)(=O)[O-])cc4)cc3)cc2)cc1.[Na+].[Na+].[Na+]. The molecule has 0 atom stereocenters. The van der Waals surface area contributed by atoms with Gasteiger partial charge in [-0.1, -0.05) is 109 Å². The number of benzene rings is 6. The standard InChI is InChI=1S/C45H45O9PS3.3Na/c46-56(47,48)43-28-16-37(17-29-43)7-1-4-34-10-22-40(23-11-34)55(41-24-12-35(13-25-41)5-2-8-38-18-30-44(31-19-38)57(49,50)51)42-26-14-36(15-27-42)6-3-9-39-20-32-45(33-21-39)58(52,53)54;;;/h10-33H,1-9H2,(H,46,47,48)(H,49,50,51)(H,52,53,54);;;/q;3*+1/p-3. The summed E-state index contributed by atoms with van der Waals surface area (Å²) in [5.41, 5.74) is 6.49. The van der Waals surface area contributed by atoms with Gasteiger partial charge in [0, 0.05) is 0 Å². The van der Waals surface area contributed by atoms with E-state index < -0.39 is 38.3 Å². The van der Waals surface area contributed by atoms with Crippen LogP contribution in [-0.4, -0.2) is 38.9 Å². The summed E-state index contributed by atoms with van der Waals surface area (Å²) < 4.78 is 101. The van der Waals surface area contributed by atoms with E-state index in [9.17, 15) is 38.9 Å². The summed E-state index contributed by atoms with van der Waals surface area (Å²) in [6, 6.07) is 44.5. The maximum absolute atomic E-state index is 11.3. The molecule has 9 nitrogen and oxygen atoms in total. The molecule has 6 aromatic carbocycles. The third-order valence-electron chi connectivity index (χ3n) is 10.0. The van der Waals surface area contributed by atoms with E-state index in [-0.39, 0.29) is 103 Å². The molecule has 0 unspecified atom stereocenters. The Morgan fingerprint density at radius 1 is 0.295 bits per heavy atom. The van der Waals surface area contributed by atoms with E-state index in [1.165, 1.54) is 69.0 Å². The zero-order chi connectivity index (χ0) is 41.3. The van der Waals surface area contributed by atoms with Gasteiger partial charge < -0.3 is 13.7 Å². The molecule has 6 aromatic rings. The van der Waals surface area contributed by atoms with E-state index in [2.05, 4.69) is 72.8 Å². The van der Waals surface area contributed by atoms with Gasteiger partial charge >= 0.3 is 88.7 Å². The van der Waals surface area contributed by atoms with Crippen molar-refractivity contribution in [2.24, 2.45) is 0 Å². The minimum Gasteiger partial charge on any atom is -0.744 e. The van der Waals surface area contributed by atoms with E-state index >= 15 is 0 Å². The molecule has 0 N–H and O–H groups in total. The average molecular weight is 923 g/mol. The Morgan fingerprint density at radius 2 is 0.459 bits per heavy atom. The monoisotopic (exact) mass is 922 g/mol. The Balaban J connectivity index is 0.00000331. The van der Waals surface area contributed by atoms with Gasteiger partial charge in [-0.05, 0) is 151 Å². The molecule has 0 amide bonds. The minimum atomic E-state index is -4.47. The molecule has 302 valence electrons. The summed E-state index contributed by atoms with van der Waals surface area (Å²) in [5, 5.41) is 3.63. The Labute approximate surface area is 428 Å². The maximum Gasteiger partial charge on any atom is 1.00 e. The fourth-order valence-corrected chi connectivity index (χ4v) is 10.5. The summed E-state index contributed by atoms with van der Waals surface area (Å²) in [5.74, 6) is 0. The van der Waals surface area contributed by atoms with Crippen molar-refractivity contribution in [1.29, 1.82) is 0 Å². The van der Waals surface area contributed by atoms with Crippen LogP contribution in [0.2, 0.25) is 0 Å². The average Bonchev–Trinajstić information content (AvgIpc) is 3.19. The molecule has 0 aliphatic rings. The fraction of sp³-hybridized carbons (Fsp3) is 0.200. The van der Waals surface area contributed by atoms with Crippen LogP contribution in [0, 0.1) is 0 Å². The predicted molar refractivity (Wildman–Crippen MR) is 224 cm³/mol. The van der Waals surface area contributed by atoms with Crippen molar-refractivity contribution in [3.05, 3.63) is 179 Å². The predicted octanol–water partition coefficient (Wildman–Crippen LogP) is -2.30. The molecule has 61 heavy (non-hydrogen) atoms. The fourth-order valence-electron chi connectivity index (χ4n) is 6.84. The number of hydrogen-bond donors (Lipinski definition) is 0. The topological polar surface area (TPSA) is 172 Å². The first kappa shape index (κ1) is 53.8. The molecule has 0 bridgehead atoms. The minimum absolute atomic E-state index is 0. The number of aryl methyl sites for hydroxylation is 6. The van der Waals surface area contributed by atoms with Gasteiger partial charge in [0.15, 0.2) is 0 Å². The summed E-state index contributed by atoms with van der Waals surface area (Å²) >= 11 is 0. The Kier molecular flexibility index (Phi) is 21.8. The zero-order valence-electron chi connectivity index (χ0n) is 34.6. The first-order chi connectivity index (χ1) is 27.6. The molecule has 0 spiro atoms. The molecule has 0 aromatic heterocycles. The first-order valence-electron chi connectivity index (χ1n) is 18.8. The molecule has 0 fully saturated rings. The van der Waals surface area contributed by atoms with Crippen LogP contribution in [0.25, 0.3) is 0 Å². The van der Waals surface area contributed by atoms with Crippen molar-refractivity contribution in [1.82, 2.24) is 0 Å². The second kappa shape index (κ2) is 24.7. The summed E-state index contributed by atoms with van der Waals surface area (Å²) in [6.45, 7) is 0. The van der Waals surface area contributed by atoms with Gasteiger partial charge in [-0.3, -0.25) is 0 Å². The smallest absolute Gasteiger partial charge is 0.744 e. The van der Waals surface area contributed by atoms with Crippen molar-refractivity contribution < 1.29 is 128 Å². The molecule has 16 heteroatoms. The summed E-state index contributed by atoms with van der Waals surface area (Å²) in [6.07, 6.45) is 7.36. The van der Waals surface area contributed by atoms with E-state index in [1.807, 2.05) is 0 Å². The van der Waals surface area contributed by atoms with E-state index in [0.29, 0.717) is 0 Å². The van der Waals surface area contributed by atoms with Gasteiger partial charge in [-0.2, -0.15) is 0 Å². The number of hydrogen-bond acceptors (Lipinski definition) is 9. The molecule has 0 aliphatic carbocycles. The van der Waals surface area contributed by atoms with Crippen molar-refractivity contribution in [2.45, 2.75) is 72.5 Å². The third-order valence-corrected chi connectivity index (χ3v) is 15.0.